The SMILES string of the molecule is CCC1CN(Cc2cc(C(c3ccc(N(C)N)c(N)c3C)C(C)(C)C(=O)O)ccc2C)CC(=O)N(C)C1. The van der Waals surface area contributed by atoms with E-state index < -0.39 is 17.3 Å². The zero-order valence-electron chi connectivity index (χ0n) is 23.3. The number of anilines is 2. The highest BCUT2D eigenvalue weighted by Gasteiger charge is 2.40. The molecule has 1 fully saturated rings. The number of benzene rings is 2. The van der Waals surface area contributed by atoms with Crippen LogP contribution in [0.15, 0.2) is 30.3 Å². The molecule has 0 bridgehead atoms. The van der Waals surface area contributed by atoms with E-state index in [1.54, 1.807) is 20.9 Å². The molecule has 0 radical (unpaired) electrons. The number of nitrogen functional groups attached to an aromatic ring is 1. The van der Waals surface area contributed by atoms with E-state index in [0.717, 1.165) is 47.3 Å². The number of amides is 1. The Labute approximate surface area is 221 Å². The van der Waals surface area contributed by atoms with E-state index >= 15 is 0 Å². The summed E-state index contributed by atoms with van der Waals surface area (Å²) in [6, 6.07) is 9.97. The molecule has 5 N–H and O–H groups in total. The van der Waals surface area contributed by atoms with Crippen LogP contribution >= 0.6 is 0 Å². The van der Waals surface area contributed by atoms with Crippen molar-refractivity contribution in [3.05, 3.63) is 58.1 Å². The molecule has 2 aromatic carbocycles. The van der Waals surface area contributed by atoms with Crippen molar-refractivity contribution in [2.75, 3.05) is 44.5 Å². The second-order valence-electron chi connectivity index (χ2n) is 11.2. The molecule has 2 atom stereocenters. The lowest BCUT2D eigenvalue weighted by Crippen LogP contribution is -2.34. The zero-order chi connectivity index (χ0) is 27.7. The zero-order valence-corrected chi connectivity index (χ0v) is 23.3. The molecular formula is C29H43N5O3. The van der Waals surface area contributed by atoms with Gasteiger partial charge in [-0.3, -0.25) is 14.5 Å². The predicted molar refractivity (Wildman–Crippen MR) is 149 cm³/mol. The number of carbonyl (C=O) groups is 2. The van der Waals surface area contributed by atoms with Gasteiger partial charge in [-0.1, -0.05) is 37.6 Å². The average Bonchev–Trinajstić information content (AvgIpc) is 2.95. The van der Waals surface area contributed by atoms with Gasteiger partial charge in [-0.25, -0.2) is 5.84 Å². The Morgan fingerprint density at radius 1 is 1.22 bits per heavy atom. The van der Waals surface area contributed by atoms with E-state index in [1.165, 1.54) is 5.01 Å². The fourth-order valence-electron chi connectivity index (χ4n) is 5.41. The fourth-order valence-corrected chi connectivity index (χ4v) is 5.41. The van der Waals surface area contributed by atoms with Crippen molar-refractivity contribution >= 4 is 23.3 Å². The van der Waals surface area contributed by atoms with Crippen LogP contribution < -0.4 is 16.6 Å². The molecule has 0 aliphatic carbocycles. The molecule has 1 saturated heterocycles. The maximum Gasteiger partial charge on any atom is 0.310 e. The summed E-state index contributed by atoms with van der Waals surface area (Å²) in [6.07, 6.45) is 1.01. The third kappa shape index (κ3) is 5.91. The van der Waals surface area contributed by atoms with Gasteiger partial charge in [-0.2, -0.15) is 0 Å². The van der Waals surface area contributed by atoms with E-state index in [4.69, 9.17) is 11.6 Å². The highest BCUT2D eigenvalue weighted by atomic mass is 16.4. The molecule has 1 aliphatic rings. The molecule has 2 unspecified atom stereocenters. The lowest BCUT2D eigenvalue weighted by atomic mass is 9.69. The monoisotopic (exact) mass is 509 g/mol. The van der Waals surface area contributed by atoms with Gasteiger partial charge in [-0.05, 0) is 67.5 Å². The summed E-state index contributed by atoms with van der Waals surface area (Å²) >= 11 is 0. The van der Waals surface area contributed by atoms with Gasteiger partial charge < -0.3 is 20.7 Å². The van der Waals surface area contributed by atoms with Crippen LogP contribution in [-0.2, 0) is 16.1 Å². The topological polar surface area (TPSA) is 116 Å². The maximum atomic E-state index is 12.7. The minimum absolute atomic E-state index is 0.130. The number of carbonyl (C=O) groups excluding carboxylic acids is 1. The minimum Gasteiger partial charge on any atom is -0.481 e. The molecule has 0 spiro atoms. The number of carboxylic acids is 1. The molecule has 1 heterocycles. The molecule has 8 nitrogen and oxygen atoms in total. The van der Waals surface area contributed by atoms with Crippen molar-refractivity contribution in [3.63, 3.8) is 0 Å². The smallest absolute Gasteiger partial charge is 0.310 e. The van der Waals surface area contributed by atoms with Gasteiger partial charge in [0.2, 0.25) is 5.91 Å². The van der Waals surface area contributed by atoms with Crippen LogP contribution in [0.1, 0.15) is 60.9 Å². The summed E-state index contributed by atoms with van der Waals surface area (Å²) < 4.78 is 0. The first-order valence-corrected chi connectivity index (χ1v) is 12.9. The third-order valence-corrected chi connectivity index (χ3v) is 8.01. The lowest BCUT2D eigenvalue weighted by molar-refractivity contribution is -0.147. The van der Waals surface area contributed by atoms with Gasteiger partial charge in [0, 0.05) is 39.6 Å². The van der Waals surface area contributed by atoms with Gasteiger partial charge >= 0.3 is 5.97 Å². The van der Waals surface area contributed by atoms with Crippen LogP contribution in [-0.4, -0.2) is 60.5 Å². The molecule has 0 aromatic heterocycles. The number of hydrazine groups is 1. The summed E-state index contributed by atoms with van der Waals surface area (Å²) in [5.41, 5.74) is 11.4. The minimum atomic E-state index is -1.10. The summed E-state index contributed by atoms with van der Waals surface area (Å²) in [7, 11) is 3.60. The van der Waals surface area contributed by atoms with Gasteiger partial charge in [0.1, 0.15) is 0 Å². The second kappa shape index (κ2) is 11.1. The Bertz CT molecular complexity index is 1160. The second-order valence-corrected chi connectivity index (χ2v) is 11.2. The summed E-state index contributed by atoms with van der Waals surface area (Å²) in [4.78, 5) is 29.2. The molecule has 0 saturated carbocycles. The van der Waals surface area contributed by atoms with Crippen molar-refractivity contribution in [3.8, 4) is 0 Å². The molecule has 8 heteroatoms. The molecule has 1 amide bonds. The summed E-state index contributed by atoms with van der Waals surface area (Å²) in [5, 5.41) is 11.7. The quantitative estimate of drug-likeness (QED) is 0.282. The predicted octanol–water partition coefficient (Wildman–Crippen LogP) is 3.74. The number of hydrogen-bond acceptors (Lipinski definition) is 6. The van der Waals surface area contributed by atoms with E-state index in [1.807, 2.05) is 37.1 Å². The Morgan fingerprint density at radius 2 is 1.89 bits per heavy atom. The summed E-state index contributed by atoms with van der Waals surface area (Å²) in [6.45, 7) is 12.3. The highest BCUT2D eigenvalue weighted by molar-refractivity contribution is 5.79. The van der Waals surface area contributed by atoms with Crippen LogP contribution in [0, 0.1) is 25.2 Å². The number of nitrogens with two attached hydrogens (primary N) is 2. The number of aliphatic carboxylic acids is 1. The van der Waals surface area contributed by atoms with E-state index in [2.05, 4.69) is 30.9 Å². The Hall–Kier alpha value is -3.10. The van der Waals surface area contributed by atoms with Crippen molar-refractivity contribution in [2.45, 2.75) is 53.5 Å². The molecule has 202 valence electrons. The van der Waals surface area contributed by atoms with Gasteiger partial charge in [0.25, 0.3) is 0 Å². The van der Waals surface area contributed by atoms with Crippen LogP contribution in [0.5, 0.6) is 0 Å². The number of hydrogen-bond donors (Lipinski definition) is 3. The molecular weight excluding hydrogens is 466 g/mol. The van der Waals surface area contributed by atoms with Crippen LogP contribution in [0.2, 0.25) is 0 Å². The van der Waals surface area contributed by atoms with Gasteiger partial charge in [0.05, 0.1) is 23.3 Å². The number of rotatable bonds is 8. The fraction of sp³-hybridized carbons (Fsp3) is 0.517. The number of aryl methyl sites for hydroxylation is 1. The molecule has 37 heavy (non-hydrogen) atoms. The normalized spacial score (nSPS) is 18.0. The Kier molecular flexibility index (Phi) is 8.55. The maximum absolute atomic E-state index is 12.7. The van der Waals surface area contributed by atoms with E-state index in [-0.39, 0.29) is 5.91 Å². The van der Waals surface area contributed by atoms with Crippen LogP contribution in [0.25, 0.3) is 0 Å². The van der Waals surface area contributed by atoms with Gasteiger partial charge in [0.15, 0.2) is 0 Å². The lowest BCUT2D eigenvalue weighted by Gasteiger charge is -2.34. The number of nitrogens with zero attached hydrogens (tertiary/aromatic N) is 3. The average molecular weight is 510 g/mol. The molecule has 3 rings (SSSR count). The molecule has 2 aromatic rings. The first-order valence-electron chi connectivity index (χ1n) is 12.9. The van der Waals surface area contributed by atoms with Crippen LogP contribution in [0.3, 0.4) is 0 Å². The van der Waals surface area contributed by atoms with E-state index in [9.17, 15) is 14.7 Å². The first-order chi connectivity index (χ1) is 17.3. The highest BCUT2D eigenvalue weighted by Crippen LogP contribution is 2.45. The molecule has 1 aliphatic heterocycles. The standard InChI is InChI=1S/C29H43N5O3/c1-8-20-14-32(6)25(35)17-34(15-20)16-22-13-21(10-9-18(22)2)26(29(4,5)28(36)37)23-11-12-24(33(7)31)27(30)19(23)3/h9-13,20,26H,8,14-17,30-31H2,1-7H3,(H,36,37). The largest absolute Gasteiger partial charge is 0.481 e. The third-order valence-electron chi connectivity index (χ3n) is 8.01. The Balaban J connectivity index is 2.08. The van der Waals surface area contributed by atoms with Crippen molar-refractivity contribution in [1.29, 1.82) is 0 Å². The number of likely N-dealkylation sites (N-methyl/N-ethyl adjacent to an activating group) is 1. The van der Waals surface area contributed by atoms with Gasteiger partial charge in [-0.15, -0.1) is 0 Å². The summed E-state index contributed by atoms with van der Waals surface area (Å²) in [5.74, 6) is 5.18. The van der Waals surface area contributed by atoms with Crippen LogP contribution in [0.4, 0.5) is 11.4 Å². The van der Waals surface area contributed by atoms with Crippen molar-refractivity contribution < 1.29 is 14.7 Å². The first kappa shape index (κ1) is 28.5. The van der Waals surface area contributed by atoms with Crippen molar-refractivity contribution in [1.82, 2.24) is 9.80 Å². The van der Waals surface area contributed by atoms with Crippen molar-refractivity contribution in [2.24, 2.45) is 17.2 Å². The Morgan fingerprint density at radius 3 is 2.49 bits per heavy atom. The number of carboxylic acid groups (broad SMARTS) is 1. The van der Waals surface area contributed by atoms with E-state index in [0.29, 0.717) is 30.4 Å².